The van der Waals surface area contributed by atoms with E-state index < -0.39 is 0 Å². The molecule has 0 heterocycles. The average molecular weight is 235 g/mol. The lowest BCUT2D eigenvalue weighted by Crippen LogP contribution is -2.43. The Morgan fingerprint density at radius 3 is 2.41 bits per heavy atom. The summed E-state index contributed by atoms with van der Waals surface area (Å²) in [5.41, 5.74) is 0.839. The topological polar surface area (TPSA) is 32.3 Å². The van der Waals surface area contributed by atoms with Crippen LogP contribution in [0.1, 0.15) is 45.1 Å². The zero-order chi connectivity index (χ0) is 12.6. The fraction of sp³-hybridized carbons (Fsp3) is 0.600. The van der Waals surface area contributed by atoms with Gasteiger partial charge in [0.2, 0.25) is 0 Å². The third kappa shape index (κ3) is 4.49. The van der Waals surface area contributed by atoms with Crippen molar-refractivity contribution < 1.29 is 5.11 Å². The fourth-order valence-electron chi connectivity index (χ4n) is 1.97. The van der Waals surface area contributed by atoms with Crippen LogP contribution in [0.15, 0.2) is 30.3 Å². The first-order valence-corrected chi connectivity index (χ1v) is 6.64. The van der Waals surface area contributed by atoms with Gasteiger partial charge >= 0.3 is 0 Å². The fourth-order valence-corrected chi connectivity index (χ4v) is 1.97. The van der Waals surface area contributed by atoms with Gasteiger partial charge < -0.3 is 10.4 Å². The highest BCUT2D eigenvalue weighted by atomic mass is 16.3. The molecule has 0 saturated carbocycles. The van der Waals surface area contributed by atoms with E-state index in [0.29, 0.717) is 0 Å². The Balaban J connectivity index is 2.46. The Hall–Kier alpha value is -0.860. The molecule has 0 fully saturated rings. The van der Waals surface area contributed by atoms with Crippen LogP contribution in [0.3, 0.4) is 0 Å². The van der Waals surface area contributed by atoms with Crippen molar-refractivity contribution in [3.05, 3.63) is 35.9 Å². The molecule has 96 valence electrons. The van der Waals surface area contributed by atoms with Crippen molar-refractivity contribution >= 4 is 0 Å². The van der Waals surface area contributed by atoms with E-state index in [0.717, 1.165) is 12.1 Å². The predicted octanol–water partition coefficient (Wildman–Crippen LogP) is 3.06. The van der Waals surface area contributed by atoms with Crippen LogP contribution < -0.4 is 5.32 Å². The smallest absolute Gasteiger partial charge is 0.0652 e. The molecular formula is C15H25NO. The molecule has 1 rings (SSSR count). The zero-order valence-electron chi connectivity index (χ0n) is 11.1. The molecule has 2 N–H and O–H groups in total. The van der Waals surface area contributed by atoms with Gasteiger partial charge in [-0.05, 0) is 25.5 Å². The number of rotatable bonds is 8. The number of aliphatic hydroxyl groups is 1. The highest BCUT2D eigenvalue weighted by molar-refractivity contribution is 5.23. The normalized spacial score (nSPS) is 14.5. The van der Waals surface area contributed by atoms with E-state index in [-0.39, 0.29) is 12.1 Å². The van der Waals surface area contributed by atoms with E-state index in [1.54, 1.807) is 0 Å². The zero-order valence-corrected chi connectivity index (χ0v) is 11.1. The van der Waals surface area contributed by atoms with Gasteiger partial charge in [0.15, 0.2) is 0 Å². The molecule has 1 atom stereocenters. The third-order valence-electron chi connectivity index (χ3n) is 3.27. The Morgan fingerprint density at radius 2 is 1.82 bits per heavy atom. The van der Waals surface area contributed by atoms with E-state index in [4.69, 9.17) is 0 Å². The Morgan fingerprint density at radius 1 is 1.12 bits per heavy atom. The van der Waals surface area contributed by atoms with Gasteiger partial charge in [0.1, 0.15) is 0 Å². The molecule has 2 nitrogen and oxygen atoms in total. The summed E-state index contributed by atoms with van der Waals surface area (Å²) in [6, 6.07) is 10.2. The van der Waals surface area contributed by atoms with Crippen LogP contribution in [0, 0.1) is 0 Å². The second-order valence-corrected chi connectivity index (χ2v) is 4.84. The Kier molecular flexibility index (Phi) is 6.23. The second kappa shape index (κ2) is 7.46. The maximum Gasteiger partial charge on any atom is 0.0652 e. The molecule has 0 aliphatic carbocycles. The molecule has 0 aromatic heterocycles. The van der Waals surface area contributed by atoms with Gasteiger partial charge in [0, 0.05) is 0 Å². The maximum absolute atomic E-state index is 9.58. The number of benzene rings is 1. The van der Waals surface area contributed by atoms with Crippen LogP contribution in [0.25, 0.3) is 0 Å². The summed E-state index contributed by atoms with van der Waals surface area (Å²) in [5, 5.41) is 13.0. The van der Waals surface area contributed by atoms with Gasteiger partial charge in [-0.15, -0.1) is 0 Å². The first-order chi connectivity index (χ1) is 8.23. The molecule has 0 spiro atoms. The van der Waals surface area contributed by atoms with Crippen LogP contribution in [0.4, 0.5) is 0 Å². The van der Waals surface area contributed by atoms with Gasteiger partial charge in [-0.3, -0.25) is 0 Å². The first kappa shape index (κ1) is 14.2. The van der Waals surface area contributed by atoms with E-state index >= 15 is 0 Å². The lowest BCUT2D eigenvalue weighted by atomic mass is 9.93. The first-order valence-electron chi connectivity index (χ1n) is 6.64. The molecule has 0 radical (unpaired) electrons. The van der Waals surface area contributed by atoms with Crippen LogP contribution in [-0.4, -0.2) is 18.3 Å². The summed E-state index contributed by atoms with van der Waals surface area (Å²) in [7, 11) is 0. The molecule has 17 heavy (non-hydrogen) atoms. The van der Waals surface area contributed by atoms with Crippen molar-refractivity contribution in [1.82, 2.24) is 5.32 Å². The molecule has 1 unspecified atom stereocenters. The average Bonchev–Trinajstić information content (AvgIpc) is 2.39. The summed E-state index contributed by atoms with van der Waals surface area (Å²) in [6.07, 6.45) is 4.99. The molecule has 0 bridgehead atoms. The molecule has 2 heteroatoms. The van der Waals surface area contributed by atoms with Crippen molar-refractivity contribution in [2.45, 2.75) is 45.1 Å². The second-order valence-electron chi connectivity index (χ2n) is 4.84. The van der Waals surface area contributed by atoms with Crippen molar-refractivity contribution in [3.63, 3.8) is 0 Å². The Bertz CT molecular complexity index is 299. The molecule has 0 amide bonds. The number of hydrogen-bond acceptors (Lipinski definition) is 2. The van der Waals surface area contributed by atoms with Crippen molar-refractivity contribution in [2.24, 2.45) is 0 Å². The lowest BCUT2D eigenvalue weighted by molar-refractivity contribution is 0.174. The lowest BCUT2D eigenvalue weighted by Gasteiger charge is -2.29. The molecule has 1 aromatic rings. The molecule has 0 saturated heterocycles. The third-order valence-corrected chi connectivity index (χ3v) is 3.27. The van der Waals surface area contributed by atoms with Gasteiger partial charge in [0.25, 0.3) is 0 Å². The molecular weight excluding hydrogens is 210 g/mol. The van der Waals surface area contributed by atoms with Crippen LogP contribution in [0.5, 0.6) is 0 Å². The summed E-state index contributed by atoms with van der Waals surface area (Å²) in [5.74, 6) is 0. The summed E-state index contributed by atoms with van der Waals surface area (Å²) in [4.78, 5) is 0. The molecule has 0 aliphatic heterocycles. The highest BCUT2D eigenvalue weighted by Crippen LogP contribution is 2.19. The predicted molar refractivity (Wildman–Crippen MR) is 73.0 cm³/mol. The standard InChI is InChI=1S/C15H25NO/c1-3-4-5-9-12-16-15(2,13-17)14-10-7-6-8-11-14/h6-8,10-11,16-17H,3-5,9,12-13H2,1-2H3. The highest BCUT2D eigenvalue weighted by Gasteiger charge is 2.24. The largest absolute Gasteiger partial charge is 0.394 e. The van der Waals surface area contributed by atoms with Crippen molar-refractivity contribution in [3.8, 4) is 0 Å². The minimum atomic E-state index is -0.312. The summed E-state index contributed by atoms with van der Waals surface area (Å²) < 4.78 is 0. The number of nitrogens with one attached hydrogen (secondary N) is 1. The number of unbranched alkanes of at least 4 members (excludes halogenated alkanes) is 3. The van der Waals surface area contributed by atoms with Gasteiger partial charge in [-0.2, -0.15) is 0 Å². The SMILES string of the molecule is CCCCCCNC(C)(CO)c1ccccc1. The van der Waals surface area contributed by atoms with E-state index in [9.17, 15) is 5.11 Å². The van der Waals surface area contributed by atoms with Crippen LogP contribution >= 0.6 is 0 Å². The van der Waals surface area contributed by atoms with E-state index in [1.807, 2.05) is 18.2 Å². The quantitative estimate of drug-likeness (QED) is 0.679. The molecule has 1 aromatic carbocycles. The minimum Gasteiger partial charge on any atom is -0.394 e. The van der Waals surface area contributed by atoms with E-state index in [1.165, 1.54) is 25.7 Å². The Labute approximate surface area is 105 Å². The van der Waals surface area contributed by atoms with Gasteiger partial charge in [0.05, 0.1) is 12.1 Å². The maximum atomic E-state index is 9.58. The van der Waals surface area contributed by atoms with Crippen LogP contribution in [-0.2, 0) is 5.54 Å². The van der Waals surface area contributed by atoms with Gasteiger partial charge in [-0.1, -0.05) is 56.5 Å². The van der Waals surface area contributed by atoms with Crippen LogP contribution in [0.2, 0.25) is 0 Å². The van der Waals surface area contributed by atoms with E-state index in [2.05, 4.69) is 31.3 Å². The van der Waals surface area contributed by atoms with Crippen molar-refractivity contribution in [1.29, 1.82) is 0 Å². The minimum absolute atomic E-state index is 0.130. The van der Waals surface area contributed by atoms with Crippen molar-refractivity contribution in [2.75, 3.05) is 13.2 Å². The number of aliphatic hydroxyl groups excluding tert-OH is 1. The number of hydrogen-bond donors (Lipinski definition) is 2. The molecule has 0 aliphatic rings. The summed E-state index contributed by atoms with van der Waals surface area (Å²) >= 11 is 0. The summed E-state index contributed by atoms with van der Waals surface area (Å²) in [6.45, 7) is 5.37. The van der Waals surface area contributed by atoms with Gasteiger partial charge in [-0.25, -0.2) is 0 Å². The monoisotopic (exact) mass is 235 g/mol.